The molecule has 6 heteroatoms. The normalized spacial score (nSPS) is 12.1. The number of rotatable bonds is 49. The highest BCUT2D eigenvalue weighted by atomic mass is 16.6. The third-order valence-corrected chi connectivity index (χ3v) is 11.9. The summed E-state index contributed by atoms with van der Waals surface area (Å²) in [7, 11) is 0. The fourth-order valence-corrected chi connectivity index (χ4v) is 7.83. The van der Waals surface area contributed by atoms with Gasteiger partial charge in [-0.15, -0.1) is 0 Å². The third-order valence-electron chi connectivity index (χ3n) is 11.9. The summed E-state index contributed by atoms with van der Waals surface area (Å²) in [5, 5.41) is 0. The van der Waals surface area contributed by atoms with Gasteiger partial charge >= 0.3 is 17.9 Å². The minimum absolute atomic E-state index is 0.0735. The number of allylic oxidation sites excluding steroid dienone is 4. The highest BCUT2D eigenvalue weighted by Crippen LogP contribution is 2.16. The maximum atomic E-state index is 12.8. The van der Waals surface area contributed by atoms with Gasteiger partial charge in [-0.1, -0.05) is 231 Å². The van der Waals surface area contributed by atoms with E-state index in [1.165, 1.54) is 173 Å². The number of esters is 3. The molecule has 0 fully saturated rings. The van der Waals surface area contributed by atoms with Gasteiger partial charge in [0, 0.05) is 19.3 Å². The largest absolute Gasteiger partial charge is 0.462 e. The summed E-state index contributed by atoms with van der Waals surface area (Å²) >= 11 is 0. The molecule has 0 saturated carbocycles. The van der Waals surface area contributed by atoms with Crippen LogP contribution in [0.1, 0.15) is 290 Å². The Morgan fingerprint density at radius 2 is 0.557 bits per heavy atom. The Bertz CT molecular complexity index is 989. The molecule has 0 aliphatic heterocycles. The van der Waals surface area contributed by atoms with Crippen LogP contribution >= 0.6 is 0 Å². The molecule has 6 nitrogen and oxygen atoms in total. The van der Waals surface area contributed by atoms with Crippen molar-refractivity contribution in [1.82, 2.24) is 0 Å². The number of ether oxygens (including phenoxy) is 3. The molecule has 0 bridgehead atoms. The number of unbranched alkanes of at least 4 members (excludes halogenated alkanes) is 34. The number of hydrogen-bond donors (Lipinski definition) is 0. The van der Waals surface area contributed by atoms with Crippen LogP contribution in [0.4, 0.5) is 0 Å². The smallest absolute Gasteiger partial charge is 0.306 e. The number of hydrogen-bond acceptors (Lipinski definition) is 6. The molecule has 0 aromatic heterocycles. The molecule has 0 N–H and O–H groups in total. The van der Waals surface area contributed by atoms with Crippen LogP contribution in [-0.2, 0) is 28.6 Å². The minimum atomic E-state index is -0.773. The molecular formula is C55H102O6. The second-order valence-corrected chi connectivity index (χ2v) is 18.1. The van der Waals surface area contributed by atoms with E-state index in [4.69, 9.17) is 14.2 Å². The van der Waals surface area contributed by atoms with Crippen LogP contribution in [-0.4, -0.2) is 37.2 Å². The molecule has 0 saturated heterocycles. The Balaban J connectivity index is 4.27. The predicted octanol–water partition coefficient (Wildman–Crippen LogP) is 17.5. The zero-order valence-corrected chi connectivity index (χ0v) is 40.9. The van der Waals surface area contributed by atoms with E-state index in [1.54, 1.807) is 0 Å². The van der Waals surface area contributed by atoms with Gasteiger partial charge in [0.15, 0.2) is 6.10 Å². The van der Waals surface area contributed by atoms with Gasteiger partial charge in [-0.3, -0.25) is 14.4 Å². The van der Waals surface area contributed by atoms with E-state index in [0.29, 0.717) is 19.3 Å². The first kappa shape index (κ1) is 58.9. The van der Waals surface area contributed by atoms with E-state index < -0.39 is 6.10 Å². The van der Waals surface area contributed by atoms with Crippen molar-refractivity contribution >= 4 is 17.9 Å². The van der Waals surface area contributed by atoms with Gasteiger partial charge in [-0.2, -0.15) is 0 Å². The Morgan fingerprint density at radius 1 is 0.311 bits per heavy atom. The van der Waals surface area contributed by atoms with E-state index in [0.717, 1.165) is 77.0 Å². The van der Waals surface area contributed by atoms with Crippen LogP contribution in [0, 0.1) is 0 Å². The topological polar surface area (TPSA) is 78.9 Å². The summed E-state index contributed by atoms with van der Waals surface area (Å²) in [6, 6.07) is 0. The van der Waals surface area contributed by atoms with Gasteiger partial charge in [0.2, 0.25) is 0 Å². The van der Waals surface area contributed by atoms with Crippen molar-refractivity contribution in [1.29, 1.82) is 0 Å². The van der Waals surface area contributed by atoms with Crippen LogP contribution < -0.4 is 0 Å². The van der Waals surface area contributed by atoms with Crippen LogP contribution in [0.25, 0.3) is 0 Å². The first-order valence-electron chi connectivity index (χ1n) is 26.8. The highest BCUT2D eigenvalue weighted by Gasteiger charge is 2.19. The quantitative estimate of drug-likeness (QED) is 0.0262. The molecule has 0 amide bonds. The maximum absolute atomic E-state index is 12.8. The molecule has 0 aliphatic rings. The fraction of sp³-hybridized carbons (Fsp3) is 0.873. The van der Waals surface area contributed by atoms with Gasteiger partial charge in [0.25, 0.3) is 0 Å². The van der Waals surface area contributed by atoms with Gasteiger partial charge in [-0.05, 0) is 64.2 Å². The van der Waals surface area contributed by atoms with E-state index in [2.05, 4.69) is 45.1 Å². The summed E-state index contributed by atoms with van der Waals surface area (Å²) in [4.78, 5) is 37.9. The lowest BCUT2D eigenvalue weighted by molar-refractivity contribution is -0.167. The Kier molecular flexibility index (Phi) is 48.8. The molecular weight excluding hydrogens is 757 g/mol. The molecule has 0 heterocycles. The Labute approximate surface area is 379 Å². The van der Waals surface area contributed by atoms with Gasteiger partial charge < -0.3 is 14.2 Å². The maximum Gasteiger partial charge on any atom is 0.306 e. The summed E-state index contributed by atoms with van der Waals surface area (Å²) in [5.41, 5.74) is 0. The molecule has 0 aliphatic carbocycles. The van der Waals surface area contributed by atoms with Crippen molar-refractivity contribution in [2.45, 2.75) is 297 Å². The molecule has 1 atom stereocenters. The highest BCUT2D eigenvalue weighted by molar-refractivity contribution is 5.71. The Morgan fingerprint density at radius 3 is 0.885 bits per heavy atom. The average Bonchev–Trinajstić information content (AvgIpc) is 3.26. The number of carbonyl (C=O) groups is 3. The first-order valence-corrected chi connectivity index (χ1v) is 26.8. The standard InChI is InChI=1S/C55H102O6/c1-4-7-10-13-16-19-22-24-25-26-27-28-29-31-34-36-39-42-45-48-54(57)60-51-52(61-55(58)49-46-43-40-37-32-21-18-15-12-9-6-3)50-59-53(56)47-44-41-38-35-33-30-23-20-17-14-11-8-5-2/h15,18,20,23,52H,4-14,16-17,19,21-22,24-51H2,1-3H3/b18-15-,23-20-/t52-/m1/s1. The Hall–Kier alpha value is -2.11. The molecule has 0 rings (SSSR count). The van der Waals surface area contributed by atoms with Gasteiger partial charge in [-0.25, -0.2) is 0 Å². The predicted molar refractivity (Wildman–Crippen MR) is 261 cm³/mol. The second-order valence-electron chi connectivity index (χ2n) is 18.1. The molecule has 0 unspecified atom stereocenters. The van der Waals surface area contributed by atoms with Crippen molar-refractivity contribution in [3.8, 4) is 0 Å². The lowest BCUT2D eigenvalue weighted by Crippen LogP contribution is -2.30. The van der Waals surface area contributed by atoms with Crippen molar-refractivity contribution in [2.75, 3.05) is 13.2 Å². The van der Waals surface area contributed by atoms with Gasteiger partial charge in [0.1, 0.15) is 13.2 Å². The zero-order chi connectivity index (χ0) is 44.4. The summed E-state index contributed by atoms with van der Waals surface area (Å²) in [6.07, 6.45) is 57.4. The van der Waals surface area contributed by atoms with Gasteiger partial charge in [0.05, 0.1) is 0 Å². The van der Waals surface area contributed by atoms with Crippen molar-refractivity contribution in [3.05, 3.63) is 24.3 Å². The first-order chi connectivity index (χ1) is 30.0. The van der Waals surface area contributed by atoms with E-state index >= 15 is 0 Å². The molecule has 61 heavy (non-hydrogen) atoms. The second kappa shape index (κ2) is 50.5. The zero-order valence-electron chi connectivity index (χ0n) is 40.9. The van der Waals surface area contributed by atoms with Crippen molar-refractivity contribution in [3.63, 3.8) is 0 Å². The molecule has 0 aromatic rings. The average molecular weight is 859 g/mol. The minimum Gasteiger partial charge on any atom is -0.462 e. The van der Waals surface area contributed by atoms with Crippen LogP contribution in [0.3, 0.4) is 0 Å². The summed E-state index contributed by atoms with van der Waals surface area (Å²) in [5.74, 6) is -0.879. The van der Waals surface area contributed by atoms with Crippen molar-refractivity contribution < 1.29 is 28.6 Å². The molecule has 358 valence electrons. The van der Waals surface area contributed by atoms with E-state index in [1.807, 2.05) is 0 Å². The number of carbonyl (C=O) groups excluding carboxylic acids is 3. The lowest BCUT2D eigenvalue weighted by Gasteiger charge is -2.18. The van der Waals surface area contributed by atoms with E-state index in [9.17, 15) is 14.4 Å². The summed E-state index contributed by atoms with van der Waals surface area (Å²) < 4.78 is 16.8. The fourth-order valence-electron chi connectivity index (χ4n) is 7.83. The molecule has 0 radical (unpaired) electrons. The van der Waals surface area contributed by atoms with Crippen LogP contribution in [0.2, 0.25) is 0 Å². The molecule has 0 aromatic carbocycles. The van der Waals surface area contributed by atoms with Crippen LogP contribution in [0.15, 0.2) is 24.3 Å². The van der Waals surface area contributed by atoms with Crippen LogP contribution in [0.5, 0.6) is 0 Å². The van der Waals surface area contributed by atoms with E-state index in [-0.39, 0.29) is 31.1 Å². The lowest BCUT2D eigenvalue weighted by atomic mass is 10.0. The molecule has 0 spiro atoms. The third kappa shape index (κ3) is 48.8. The SMILES string of the molecule is CCCC/C=C\CCCCCCCC(=O)O[C@H](COC(=O)CCCCCCC/C=C\CCCCCC)COC(=O)CCCCCCCCCCCCCCCCCCCCC. The summed E-state index contributed by atoms with van der Waals surface area (Å²) in [6.45, 7) is 6.60. The van der Waals surface area contributed by atoms with Crippen molar-refractivity contribution in [2.24, 2.45) is 0 Å². The monoisotopic (exact) mass is 859 g/mol.